The van der Waals surface area contributed by atoms with Crippen LogP contribution in [0.3, 0.4) is 0 Å². The molecule has 0 aliphatic carbocycles. The Morgan fingerprint density at radius 3 is 2.58 bits per heavy atom. The van der Waals surface area contributed by atoms with Crippen molar-refractivity contribution in [2.75, 3.05) is 33.4 Å². The Balaban J connectivity index is 1.23. The molecule has 3 aromatic heterocycles. The van der Waals surface area contributed by atoms with Crippen LogP contribution in [0.15, 0.2) is 61.4 Å². The van der Waals surface area contributed by atoms with Crippen LogP contribution in [0.5, 0.6) is 0 Å². The zero-order valence-corrected chi connectivity index (χ0v) is 20.4. The second-order valence-corrected chi connectivity index (χ2v) is 8.82. The lowest BCUT2D eigenvalue weighted by atomic mass is 10.1. The normalized spacial score (nSPS) is 15.8. The lowest BCUT2D eigenvalue weighted by molar-refractivity contribution is -0.140. The van der Waals surface area contributed by atoms with Crippen molar-refractivity contribution >= 4 is 5.91 Å². The van der Waals surface area contributed by atoms with E-state index >= 15 is 0 Å². The standard InChI is InChI=1S/C26H29N7O3/c1-31-15-22(13-29-31)19-4-3-5-20(10-19)26-27-11-21(12-28-26)23-14-30-33(16-23)18-25(34)32-7-9-36-24(17-32)6-8-35-2/h3-5,10-16,24H,6-9,17-18H2,1-2H3. The van der Waals surface area contributed by atoms with Crippen LogP contribution in [0.2, 0.25) is 0 Å². The number of carbonyl (C=O) groups excluding carboxylic acids is 1. The summed E-state index contributed by atoms with van der Waals surface area (Å²) in [6.07, 6.45) is 11.7. The predicted molar refractivity (Wildman–Crippen MR) is 134 cm³/mol. The lowest BCUT2D eigenvalue weighted by Crippen LogP contribution is -2.47. The largest absolute Gasteiger partial charge is 0.385 e. The van der Waals surface area contributed by atoms with Crippen molar-refractivity contribution in [1.29, 1.82) is 0 Å². The molecule has 10 nitrogen and oxygen atoms in total. The van der Waals surface area contributed by atoms with E-state index in [0.717, 1.165) is 34.2 Å². The molecule has 10 heteroatoms. The van der Waals surface area contributed by atoms with Crippen LogP contribution in [0.4, 0.5) is 0 Å². The Labute approximate surface area is 209 Å². The molecule has 0 bridgehead atoms. The van der Waals surface area contributed by atoms with Gasteiger partial charge in [-0.2, -0.15) is 10.2 Å². The van der Waals surface area contributed by atoms with E-state index in [2.05, 4.69) is 26.2 Å². The van der Waals surface area contributed by atoms with Crippen LogP contribution in [0.25, 0.3) is 33.6 Å². The summed E-state index contributed by atoms with van der Waals surface area (Å²) >= 11 is 0. The summed E-state index contributed by atoms with van der Waals surface area (Å²) in [5.41, 5.74) is 4.73. The minimum absolute atomic E-state index is 0.0107. The van der Waals surface area contributed by atoms with Crippen LogP contribution < -0.4 is 0 Å². The maximum Gasteiger partial charge on any atom is 0.244 e. The molecule has 0 spiro atoms. The van der Waals surface area contributed by atoms with E-state index in [0.29, 0.717) is 32.1 Å². The molecule has 1 aliphatic heterocycles. The molecule has 1 aromatic carbocycles. The number of benzene rings is 1. The fourth-order valence-corrected chi connectivity index (χ4v) is 4.24. The number of hydrogen-bond donors (Lipinski definition) is 0. The number of morpholine rings is 1. The van der Waals surface area contributed by atoms with Crippen LogP contribution in [0.1, 0.15) is 6.42 Å². The molecule has 1 atom stereocenters. The van der Waals surface area contributed by atoms with Crippen LogP contribution in [-0.4, -0.2) is 79.9 Å². The van der Waals surface area contributed by atoms with Crippen molar-refractivity contribution < 1.29 is 14.3 Å². The van der Waals surface area contributed by atoms with E-state index in [9.17, 15) is 4.79 Å². The molecule has 0 saturated carbocycles. The Hall–Kier alpha value is -3.89. The van der Waals surface area contributed by atoms with Gasteiger partial charge in [0.1, 0.15) is 6.54 Å². The van der Waals surface area contributed by atoms with E-state index < -0.39 is 0 Å². The summed E-state index contributed by atoms with van der Waals surface area (Å²) in [4.78, 5) is 23.8. The first kappa shape index (κ1) is 23.8. The maximum atomic E-state index is 12.8. The number of carbonyl (C=O) groups is 1. The molecule has 4 heterocycles. The number of methoxy groups -OCH3 is 1. The zero-order valence-electron chi connectivity index (χ0n) is 20.4. The first-order valence-electron chi connectivity index (χ1n) is 11.9. The Kier molecular flexibility index (Phi) is 7.15. The summed E-state index contributed by atoms with van der Waals surface area (Å²) < 4.78 is 14.3. The van der Waals surface area contributed by atoms with Crippen molar-refractivity contribution in [2.45, 2.75) is 19.1 Å². The summed E-state index contributed by atoms with van der Waals surface area (Å²) in [7, 11) is 3.57. The molecule has 1 saturated heterocycles. The third kappa shape index (κ3) is 5.50. The van der Waals surface area contributed by atoms with Gasteiger partial charge in [0.15, 0.2) is 5.82 Å². The van der Waals surface area contributed by atoms with Gasteiger partial charge in [-0.05, 0) is 18.1 Å². The molecule has 5 rings (SSSR count). The summed E-state index contributed by atoms with van der Waals surface area (Å²) in [6.45, 7) is 2.50. The van der Waals surface area contributed by atoms with Gasteiger partial charge in [-0.3, -0.25) is 14.2 Å². The minimum Gasteiger partial charge on any atom is -0.385 e. The van der Waals surface area contributed by atoms with E-state index in [-0.39, 0.29) is 18.6 Å². The first-order chi connectivity index (χ1) is 17.6. The van der Waals surface area contributed by atoms with E-state index in [4.69, 9.17) is 9.47 Å². The second kappa shape index (κ2) is 10.8. The SMILES string of the molecule is COCCC1CN(C(=O)Cn2cc(-c3cnc(-c4cccc(-c5cnn(C)c5)c4)nc3)cn2)CCO1. The van der Waals surface area contributed by atoms with Gasteiger partial charge in [0.2, 0.25) is 5.91 Å². The van der Waals surface area contributed by atoms with Crippen molar-refractivity contribution in [1.82, 2.24) is 34.4 Å². The number of amides is 1. The lowest BCUT2D eigenvalue weighted by Gasteiger charge is -2.33. The van der Waals surface area contributed by atoms with Crippen LogP contribution >= 0.6 is 0 Å². The highest BCUT2D eigenvalue weighted by molar-refractivity contribution is 5.76. The second-order valence-electron chi connectivity index (χ2n) is 8.82. The van der Waals surface area contributed by atoms with E-state index in [1.54, 1.807) is 35.1 Å². The highest BCUT2D eigenvalue weighted by Crippen LogP contribution is 2.25. The molecule has 0 N–H and O–H groups in total. The number of aryl methyl sites for hydroxylation is 1. The fourth-order valence-electron chi connectivity index (χ4n) is 4.24. The summed E-state index contributed by atoms with van der Waals surface area (Å²) in [5, 5.41) is 8.62. The third-order valence-corrected chi connectivity index (χ3v) is 6.21. The van der Waals surface area contributed by atoms with E-state index in [1.807, 2.05) is 48.7 Å². The quantitative estimate of drug-likeness (QED) is 0.377. The maximum absolute atomic E-state index is 12.8. The average Bonchev–Trinajstić information content (AvgIpc) is 3.57. The number of rotatable bonds is 8. The summed E-state index contributed by atoms with van der Waals surface area (Å²) in [5.74, 6) is 0.665. The van der Waals surface area contributed by atoms with Crippen LogP contribution in [0, 0.1) is 0 Å². The molecular weight excluding hydrogens is 458 g/mol. The van der Waals surface area contributed by atoms with Crippen molar-refractivity contribution in [3.63, 3.8) is 0 Å². The number of hydrogen-bond acceptors (Lipinski definition) is 7. The monoisotopic (exact) mass is 487 g/mol. The highest BCUT2D eigenvalue weighted by Gasteiger charge is 2.24. The topological polar surface area (TPSA) is 100 Å². The summed E-state index contributed by atoms with van der Waals surface area (Å²) in [6, 6.07) is 8.08. The first-order valence-corrected chi connectivity index (χ1v) is 11.9. The van der Waals surface area contributed by atoms with Gasteiger partial charge in [-0.1, -0.05) is 18.2 Å². The van der Waals surface area contributed by atoms with E-state index in [1.165, 1.54) is 0 Å². The molecule has 186 valence electrons. The molecule has 1 amide bonds. The van der Waals surface area contributed by atoms with Crippen molar-refractivity contribution in [3.05, 3.63) is 61.4 Å². The molecule has 1 aliphatic rings. The minimum atomic E-state index is 0.0107. The Morgan fingerprint density at radius 1 is 1.03 bits per heavy atom. The highest BCUT2D eigenvalue weighted by atomic mass is 16.5. The van der Waals surface area contributed by atoms with Crippen molar-refractivity contribution in [2.24, 2.45) is 7.05 Å². The van der Waals surface area contributed by atoms with Crippen molar-refractivity contribution in [3.8, 4) is 33.6 Å². The molecule has 36 heavy (non-hydrogen) atoms. The molecule has 1 unspecified atom stereocenters. The molecule has 0 radical (unpaired) electrons. The van der Waals surface area contributed by atoms with Gasteiger partial charge >= 0.3 is 0 Å². The zero-order chi connectivity index (χ0) is 24.9. The van der Waals surface area contributed by atoms with Gasteiger partial charge in [-0.25, -0.2) is 9.97 Å². The Bertz CT molecular complexity index is 1320. The van der Waals surface area contributed by atoms with Crippen LogP contribution in [-0.2, 0) is 27.9 Å². The van der Waals surface area contributed by atoms with Gasteiger partial charge in [0.25, 0.3) is 0 Å². The third-order valence-electron chi connectivity index (χ3n) is 6.21. The molecule has 4 aromatic rings. The van der Waals surface area contributed by atoms with Gasteiger partial charge in [0, 0.05) is 80.9 Å². The molecule has 1 fully saturated rings. The predicted octanol–water partition coefficient (Wildman–Crippen LogP) is 2.67. The average molecular weight is 488 g/mol. The van der Waals surface area contributed by atoms with Gasteiger partial charge < -0.3 is 14.4 Å². The fraction of sp³-hybridized carbons (Fsp3) is 0.346. The van der Waals surface area contributed by atoms with Gasteiger partial charge in [-0.15, -0.1) is 0 Å². The number of ether oxygens (including phenoxy) is 2. The smallest absolute Gasteiger partial charge is 0.244 e. The molecular formula is C26H29N7O3. The Morgan fingerprint density at radius 2 is 1.81 bits per heavy atom. The van der Waals surface area contributed by atoms with Gasteiger partial charge in [0.05, 0.1) is 25.1 Å². The number of aromatic nitrogens is 6. The number of nitrogens with zero attached hydrogens (tertiary/aromatic N) is 7.